The summed E-state index contributed by atoms with van der Waals surface area (Å²) in [6.45, 7) is 0. The number of terminal acetylenes is 1. The Bertz CT molecular complexity index is 118. The summed E-state index contributed by atoms with van der Waals surface area (Å²) in [5.74, 6) is 2.40. The number of halogens is 1. The predicted octanol–water partition coefficient (Wildman–Crippen LogP) is 0.469. The van der Waals surface area contributed by atoms with Crippen LogP contribution in [0.2, 0.25) is 0 Å². The second-order valence-corrected chi connectivity index (χ2v) is 2.45. The van der Waals surface area contributed by atoms with Crippen molar-refractivity contribution in [1.82, 2.24) is 4.90 Å². The van der Waals surface area contributed by atoms with Crippen LogP contribution in [-0.4, -0.2) is 22.4 Å². The fraction of sp³-hybridized carbons (Fsp3) is 0.400. The average Bonchev–Trinajstić information content (AvgIpc) is 1.84. The maximum absolute atomic E-state index is 9.93. The van der Waals surface area contributed by atoms with E-state index in [1.807, 2.05) is 22.6 Å². The van der Waals surface area contributed by atoms with Gasteiger partial charge in [0.25, 0.3) is 0 Å². The van der Waals surface area contributed by atoms with Crippen LogP contribution in [0.1, 0.15) is 0 Å². The Kier molecular flexibility index (Phi) is 3.61. The summed E-state index contributed by atoms with van der Waals surface area (Å²) < 4.78 is -0.120. The van der Waals surface area contributed by atoms with Gasteiger partial charge in [-0.2, -0.15) is 0 Å². The van der Waals surface area contributed by atoms with Gasteiger partial charge in [0.15, 0.2) is 0 Å². The summed E-state index contributed by atoms with van der Waals surface area (Å²) in [5, 5.41) is 0. The smallest absolute Gasteiger partial charge is 0.211 e. The molecule has 0 saturated heterocycles. The Morgan fingerprint density at radius 1 is 2.00 bits per heavy atom. The van der Waals surface area contributed by atoms with Gasteiger partial charge < -0.3 is 4.90 Å². The molecular formula is C5H6INO. The summed E-state index contributed by atoms with van der Waals surface area (Å²) in [6.07, 6.45) is 5.70. The fourth-order valence-corrected chi connectivity index (χ4v) is 0.302. The van der Waals surface area contributed by atoms with Crippen LogP contribution in [0.5, 0.6) is 0 Å². The van der Waals surface area contributed by atoms with Crippen LogP contribution < -0.4 is 0 Å². The third-order valence-electron chi connectivity index (χ3n) is 0.661. The van der Waals surface area contributed by atoms with E-state index in [-0.39, 0.29) is 4.05 Å². The molecule has 0 aromatic carbocycles. The van der Waals surface area contributed by atoms with Crippen LogP contribution >= 0.6 is 22.6 Å². The zero-order chi connectivity index (χ0) is 6.57. The highest BCUT2D eigenvalue weighted by Crippen LogP contribution is 1.99. The second kappa shape index (κ2) is 3.72. The molecule has 0 spiro atoms. The molecule has 1 atom stereocenters. The van der Waals surface area contributed by atoms with E-state index in [0.29, 0.717) is 6.41 Å². The maximum Gasteiger partial charge on any atom is 0.211 e. The molecule has 0 aliphatic carbocycles. The number of hydrogen-bond donors (Lipinski definition) is 0. The van der Waals surface area contributed by atoms with Crippen molar-refractivity contribution in [3.8, 4) is 12.3 Å². The van der Waals surface area contributed by atoms with Gasteiger partial charge in [-0.25, -0.2) is 0 Å². The van der Waals surface area contributed by atoms with Crippen molar-refractivity contribution >= 4 is 29.0 Å². The minimum absolute atomic E-state index is 0.120. The van der Waals surface area contributed by atoms with Gasteiger partial charge in [-0.3, -0.25) is 4.79 Å². The molecule has 0 saturated carbocycles. The van der Waals surface area contributed by atoms with E-state index < -0.39 is 0 Å². The number of rotatable bonds is 2. The molecule has 0 rings (SSSR count). The van der Waals surface area contributed by atoms with Gasteiger partial charge in [0.2, 0.25) is 6.41 Å². The van der Waals surface area contributed by atoms with Crippen molar-refractivity contribution in [2.75, 3.05) is 7.05 Å². The SMILES string of the molecule is C#CC(I)N(C)C=O. The summed E-state index contributed by atoms with van der Waals surface area (Å²) in [4.78, 5) is 11.3. The quantitative estimate of drug-likeness (QED) is 0.219. The topological polar surface area (TPSA) is 20.3 Å². The first-order valence-electron chi connectivity index (χ1n) is 1.99. The van der Waals surface area contributed by atoms with Crippen molar-refractivity contribution in [2.45, 2.75) is 4.05 Å². The Labute approximate surface area is 62.4 Å². The van der Waals surface area contributed by atoms with Gasteiger partial charge in [0.05, 0.1) is 0 Å². The molecule has 0 aromatic rings. The minimum Gasteiger partial charge on any atom is -0.326 e. The fourth-order valence-electron chi connectivity index (χ4n) is 0.171. The standard InChI is InChI=1S/C5H6INO/c1-3-5(6)7(2)4-8/h1,4-5H,2H3. The summed E-state index contributed by atoms with van der Waals surface area (Å²) >= 11 is 1.99. The predicted molar refractivity (Wildman–Crippen MR) is 40.5 cm³/mol. The Morgan fingerprint density at radius 2 is 2.50 bits per heavy atom. The molecule has 0 aromatic heterocycles. The normalized spacial score (nSPS) is 11.6. The van der Waals surface area contributed by atoms with E-state index >= 15 is 0 Å². The molecule has 2 nitrogen and oxygen atoms in total. The highest BCUT2D eigenvalue weighted by molar-refractivity contribution is 14.1. The van der Waals surface area contributed by atoms with Crippen LogP contribution in [0, 0.1) is 12.3 Å². The van der Waals surface area contributed by atoms with Gasteiger partial charge >= 0.3 is 0 Å². The molecule has 0 N–H and O–H groups in total. The van der Waals surface area contributed by atoms with Crippen LogP contribution in [0.3, 0.4) is 0 Å². The van der Waals surface area contributed by atoms with E-state index in [2.05, 4.69) is 5.92 Å². The first kappa shape index (κ1) is 7.76. The summed E-state index contributed by atoms with van der Waals surface area (Å²) in [5.41, 5.74) is 0. The van der Waals surface area contributed by atoms with Gasteiger partial charge in [0.1, 0.15) is 4.05 Å². The average molecular weight is 223 g/mol. The monoisotopic (exact) mass is 223 g/mol. The molecule has 8 heavy (non-hydrogen) atoms. The van der Waals surface area contributed by atoms with Gasteiger partial charge in [-0.15, -0.1) is 6.42 Å². The van der Waals surface area contributed by atoms with Crippen LogP contribution in [-0.2, 0) is 4.79 Å². The number of nitrogens with zero attached hydrogens (tertiary/aromatic N) is 1. The summed E-state index contributed by atoms with van der Waals surface area (Å²) in [7, 11) is 1.64. The molecule has 0 heterocycles. The van der Waals surface area contributed by atoms with Crippen LogP contribution in [0.25, 0.3) is 0 Å². The number of amides is 1. The molecule has 3 heteroatoms. The van der Waals surface area contributed by atoms with Gasteiger partial charge in [0, 0.05) is 7.05 Å². The molecule has 1 unspecified atom stereocenters. The molecule has 1 amide bonds. The first-order valence-corrected chi connectivity index (χ1v) is 3.24. The highest BCUT2D eigenvalue weighted by atomic mass is 127. The maximum atomic E-state index is 9.93. The second-order valence-electron chi connectivity index (χ2n) is 1.27. The van der Waals surface area contributed by atoms with Crippen molar-refractivity contribution in [1.29, 1.82) is 0 Å². The third kappa shape index (κ3) is 2.17. The van der Waals surface area contributed by atoms with E-state index in [1.165, 1.54) is 4.90 Å². The number of alkyl halides is 1. The molecule has 0 bridgehead atoms. The van der Waals surface area contributed by atoms with Crippen molar-refractivity contribution in [3.63, 3.8) is 0 Å². The minimum atomic E-state index is -0.120. The third-order valence-corrected chi connectivity index (χ3v) is 1.90. The van der Waals surface area contributed by atoms with Crippen LogP contribution in [0.4, 0.5) is 0 Å². The van der Waals surface area contributed by atoms with E-state index in [1.54, 1.807) is 7.05 Å². The Hall–Kier alpha value is -0.240. The zero-order valence-corrected chi connectivity index (χ0v) is 6.62. The first-order chi connectivity index (χ1) is 3.72. The number of carbonyl (C=O) groups excluding carboxylic acids is 1. The van der Waals surface area contributed by atoms with Crippen LogP contribution in [0.15, 0.2) is 0 Å². The molecular weight excluding hydrogens is 217 g/mol. The lowest BCUT2D eigenvalue weighted by Gasteiger charge is -2.10. The Balaban J connectivity index is 3.66. The molecule has 0 radical (unpaired) electrons. The highest BCUT2D eigenvalue weighted by Gasteiger charge is 2.00. The van der Waals surface area contributed by atoms with Crippen molar-refractivity contribution in [3.05, 3.63) is 0 Å². The zero-order valence-electron chi connectivity index (χ0n) is 4.47. The number of hydrogen-bond acceptors (Lipinski definition) is 1. The molecule has 0 aliphatic heterocycles. The lowest BCUT2D eigenvalue weighted by atomic mass is 10.6. The number of carbonyl (C=O) groups is 1. The van der Waals surface area contributed by atoms with E-state index in [0.717, 1.165) is 0 Å². The lowest BCUT2D eigenvalue weighted by molar-refractivity contribution is -0.116. The molecule has 44 valence electrons. The van der Waals surface area contributed by atoms with Crippen molar-refractivity contribution < 1.29 is 4.79 Å². The summed E-state index contributed by atoms with van der Waals surface area (Å²) in [6, 6.07) is 0. The molecule has 0 fully saturated rings. The van der Waals surface area contributed by atoms with E-state index in [4.69, 9.17) is 6.42 Å². The largest absolute Gasteiger partial charge is 0.326 e. The van der Waals surface area contributed by atoms with Gasteiger partial charge in [-0.05, 0) is 22.6 Å². The molecule has 0 aliphatic rings. The van der Waals surface area contributed by atoms with Gasteiger partial charge in [-0.1, -0.05) is 5.92 Å². The van der Waals surface area contributed by atoms with Crippen molar-refractivity contribution in [2.24, 2.45) is 0 Å². The van der Waals surface area contributed by atoms with E-state index in [9.17, 15) is 4.79 Å². The Morgan fingerprint density at radius 3 is 2.62 bits per heavy atom. The lowest BCUT2D eigenvalue weighted by Crippen LogP contribution is -2.22.